The predicted molar refractivity (Wildman–Crippen MR) is 87.4 cm³/mol. The lowest BCUT2D eigenvalue weighted by Gasteiger charge is -2.04. The smallest absolute Gasteiger partial charge is 0.278 e. The molecule has 0 saturated heterocycles. The molecule has 0 aromatic heterocycles. The van der Waals surface area contributed by atoms with Crippen molar-refractivity contribution in [2.45, 2.75) is 0 Å². The summed E-state index contributed by atoms with van der Waals surface area (Å²) in [4.78, 5) is 31.9. The summed E-state index contributed by atoms with van der Waals surface area (Å²) in [5, 5.41) is 25.0. The molecule has 2 aromatic rings. The molecule has 10 nitrogen and oxygen atoms in total. The van der Waals surface area contributed by atoms with Crippen LogP contribution in [0, 0.1) is 20.2 Å². The molecule has 0 saturated carbocycles. The van der Waals surface area contributed by atoms with Crippen LogP contribution >= 0.6 is 0 Å². The molecule has 0 heterocycles. The fourth-order valence-corrected chi connectivity index (χ4v) is 1.78. The Morgan fingerprint density at radius 1 is 1.08 bits per heavy atom. The highest BCUT2D eigenvalue weighted by molar-refractivity contribution is 5.86. The number of rotatable bonds is 7. The van der Waals surface area contributed by atoms with Crippen LogP contribution in [-0.4, -0.2) is 28.6 Å². The summed E-state index contributed by atoms with van der Waals surface area (Å²) in [6, 6.07) is 11.2. The summed E-state index contributed by atoms with van der Waals surface area (Å²) < 4.78 is 5.15. The minimum atomic E-state index is -0.590. The summed E-state index contributed by atoms with van der Waals surface area (Å²) in [5.41, 5.74) is 2.18. The van der Waals surface area contributed by atoms with Gasteiger partial charge < -0.3 is 4.74 Å². The SMILES string of the molecule is O=C(COc1ccc([N+](=O)[O-])cc1)NN=Cc1ccccc1[N+](=O)[O-]. The van der Waals surface area contributed by atoms with Crippen LogP contribution in [0.15, 0.2) is 53.6 Å². The van der Waals surface area contributed by atoms with Crippen LogP contribution in [-0.2, 0) is 4.79 Å². The van der Waals surface area contributed by atoms with Crippen LogP contribution in [0.1, 0.15) is 5.56 Å². The Kier molecular flexibility index (Phi) is 5.72. The number of carbonyl (C=O) groups excluding carboxylic acids is 1. The summed E-state index contributed by atoms with van der Waals surface area (Å²) in [6.07, 6.45) is 1.15. The van der Waals surface area contributed by atoms with Gasteiger partial charge in [-0.2, -0.15) is 5.10 Å². The molecule has 2 aromatic carbocycles. The number of nitro groups is 2. The fraction of sp³-hybridized carbons (Fsp3) is 0.0667. The molecule has 0 radical (unpaired) electrons. The minimum Gasteiger partial charge on any atom is -0.484 e. The molecule has 0 aliphatic carbocycles. The molecule has 10 heteroatoms. The quantitative estimate of drug-likeness (QED) is 0.463. The van der Waals surface area contributed by atoms with E-state index >= 15 is 0 Å². The van der Waals surface area contributed by atoms with E-state index in [0.29, 0.717) is 0 Å². The lowest BCUT2D eigenvalue weighted by Crippen LogP contribution is -2.24. The summed E-state index contributed by atoms with van der Waals surface area (Å²) in [6.45, 7) is -0.369. The van der Waals surface area contributed by atoms with Gasteiger partial charge in [0.1, 0.15) is 5.75 Å². The second-order valence-corrected chi connectivity index (χ2v) is 4.65. The van der Waals surface area contributed by atoms with E-state index in [1.807, 2.05) is 0 Å². The van der Waals surface area contributed by atoms with Crippen LogP contribution in [0.2, 0.25) is 0 Å². The van der Waals surface area contributed by atoms with Crippen molar-refractivity contribution in [2.75, 3.05) is 6.61 Å². The number of nitro benzene ring substituents is 2. The third kappa shape index (κ3) is 5.10. The predicted octanol–water partition coefficient (Wildman–Crippen LogP) is 2.03. The van der Waals surface area contributed by atoms with Crippen molar-refractivity contribution in [3.63, 3.8) is 0 Å². The highest BCUT2D eigenvalue weighted by Crippen LogP contribution is 2.17. The lowest BCUT2D eigenvalue weighted by molar-refractivity contribution is -0.385. The average Bonchev–Trinajstić information content (AvgIpc) is 2.60. The molecule has 1 N–H and O–H groups in total. The van der Waals surface area contributed by atoms with Crippen molar-refractivity contribution in [2.24, 2.45) is 5.10 Å². The van der Waals surface area contributed by atoms with Gasteiger partial charge in [0.05, 0.1) is 21.6 Å². The van der Waals surface area contributed by atoms with Crippen LogP contribution in [0.5, 0.6) is 5.75 Å². The molecule has 128 valence electrons. The zero-order valence-electron chi connectivity index (χ0n) is 12.7. The fourth-order valence-electron chi connectivity index (χ4n) is 1.78. The topological polar surface area (TPSA) is 137 Å². The van der Waals surface area contributed by atoms with Gasteiger partial charge >= 0.3 is 0 Å². The number of carbonyl (C=O) groups is 1. The maximum atomic E-state index is 11.6. The first-order valence-electron chi connectivity index (χ1n) is 6.90. The van der Waals surface area contributed by atoms with Gasteiger partial charge in [-0.25, -0.2) is 5.43 Å². The number of benzene rings is 2. The zero-order valence-corrected chi connectivity index (χ0v) is 12.7. The lowest BCUT2D eigenvalue weighted by atomic mass is 10.2. The Labute approximate surface area is 141 Å². The normalized spacial score (nSPS) is 10.4. The molecule has 0 bridgehead atoms. The van der Waals surface area contributed by atoms with Gasteiger partial charge in [-0.15, -0.1) is 0 Å². The van der Waals surface area contributed by atoms with Gasteiger partial charge in [0.2, 0.25) is 0 Å². The summed E-state index contributed by atoms with van der Waals surface area (Å²) >= 11 is 0. The molecule has 2 rings (SSSR count). The number of ether oxygens (including phenoxy) is 1. The molecule has 0 aliphatic heterocycles. The summed E-state index contributed by atoms with van der Waals surface area (Å²) in [5.74, 6) is -0.309. The zero-order chi connectivity index (χ0) is 18.2. The largest absolute Gasteiger partial charge is 0.484 e. The molecule has 0 aliphatic rings. The highest BCUT2D eigenvalue weighted by Gasteiger charge is 2.10. The molecule has 0 fully saturated rings. The van der Waals surface area contributed by atoms with Crippen molar-refractivity contribution < 1.29 is 19.4 Å². The number of amides is 1. The minimum absolute atomic E-state index is 0.0918. The van der Waals surface area contributed by atoms with Crippen molar-refractivity contribution in [3.8, 4) is 5.75 Å². The first kappa shape index (κ1) is 17.5. The van der Waals surface area contributed by atoms with Crippen LogP contribution in [0.25, 0.3) is 0 Å². The molecule has 0 spiro atoms. The maximum Gasteiger partial charge on any atom is 0.278 e. The van der Waals surface area contributed by atoms with E-state index in [4.69, 9.17) is 4.74 Å². The highest BCUT2D eigenvalue weighted by atomic mass is 16.6. The van der Waals surface area contributed by atoms with Crippen LogP contribution in [0.4, 0.5) is 11.4 Å². The molecular weight excluding hydrogens is 332 g/mol. The van der Waals surface area contributed by atoms with Crippen molar-refractivity contribution in [1.29, 1.82) is 0 Å². The Bertz CT molecular complexity index is 819. The van der Waals surface area contributed by atoms with Crippen molar-refractivity contribution in [3.05, 3.63) is 74.3 Å². The number of hydrogen-bond acceptors (Lipinski definition) is 7. The number of hydrazone groups is 1. The van der Waals surface area contributed by atoms with E-state index in [0.717, 1.165) is 6.21 Å². The first-order chi connectivity index (χ1) is 12.0. The third-order valence-electron chi connectivity index (χ3n) is 2.94. The number of nitrogens with one attached hydrogen (secondary N) is 1. The Morgan fingerprint density at radius 3 is 2.40 bits per heavy atom. The number of hydrogen-bond donors (Lipinski definition) is 1. The van der Waals surface area contributed by atoms with E-state index < -0.39 is 15.8 Å². The van der Waals surface area contributed by atoms with Gasteiger partial charge in [0.15, 0.2) is 6.61 Å². The third-order valence-corrected chi connectivity index (χ3v) is 2.94. The Balaban J connectivity index is 1.86. The first-order valence-corrected chi connectivity index (χ1v) is 6.90. The van der Waals surface area contributed by atoms with Gasteiger partial charge in [-0.3, -0.25) is 25.0 Å². The van der Waals surface area contributed by atoms with Crippen molar-refractivity contribution in [1.82, 2.24) is 5.43 Å². The maximum absolute atomic E-state index is 11.6. The second-order valence-electron chi connectivity index (χ2n) is 4.65. The summed E-state index contributed by atoms with van der Waals surface area (Å²) in [7, 11) is 0. The number of para-hydroxylation sites is 1. The number of non-ortho nitro benzene ring substituents is 1. The van der Waals surface area contributed by atoms with Gasteiger partial charge in [-0.1, -0.05) is 12.1 Å². The van der Waals surface area contributed by atoms with Crippen LogP contribution < -0.4 is 10.2 Å². The van der Waals surface area contributed by atoms with Gasteiger partial charge in [0, 0.05) is 18.2 Å². The molecule has 1 amide bonds. The monoisotopic (exact) mass is 344 g/mol. The second kappa shape index (κ2) is 8.15. The standard InChI is InChI=1S/C15H12N4O6/c20-15(10-25-13-7-5-12(6-8-13)18(21)22)17-16-9-11-3-1-2-4-14(11)19(23)24/h1-9H,10H2,(H,17,20). The Morgan fingerprint density at radius 2 is 1.76 bits per heavy atom. The number of nitrogens with zero attached hydrogens (tertiary/aromatic N) is 3. The van der Waals surface area contributed by atoms with E-state index in [1.54, 1.807) is 6.07 Å². The molecule has 25 heavy (non-hydrogen) atoms. The van der Waals surface area contributed by atoms with E-state index in [-0.39, 0.29) is 29.3 Å². The van der Waals surface area contributed by atoms with E-state index in [9.17, 15) is 25.0 Å². The van der Waals surface area contributed by atoms with E-state index in [1.165, 1.54) is 42.5 Å². The van der Waals surface area contributed by atoms with Gasteiger partial charge in [-0.05, 0) is 18.2 Å². The average molecular weight is 344 g/mol. The van der Waals surface area contributed by atoms with E-state index in [2.05, 4.69) is 10.5 Å². The van der Waals surface area contributed by atoms with Crippen LogP contribution in [0.3, 0.4) is 0 Å². The molecular formula is C15H12N4O6. The molecule has 0 atom stereocenters. The van der Waals surface area contributed by atoms with Crippen molar-refractivity contribution >= 4 is 23.5 Å². The Hall–Kier alpha value is -3.82. The molecule has 0 unspecified atom stereocenters. The van der Waals surface area contributed by atoms with Gasteiger partial charge in [0.25, 0.3) is 17.3 Å².